The Hall–Kier alpha value is -0.660. The molecule has 5 nitrogen and oxygen atoms in total. The lowest BCUT2D eigenvalue weighted by Crippen LogP contribution is -2.17. The number of rotatable bonds is 6. The number of halogens is 1. The van der Waals surface area contributed by atoms with Gasteiger partial charge in [-0.15, -0.1) is 0 Å². The van der Waals surface area contributed by atoms with Crippen LogP contribution in [-0.4, -0.2) is 30.9 Å². The van der Waals surface area contributed by atoms with Gasteiger partial charge in [0.2, 0.25) is 10.0 Å². The van der Waals surface area contributed by atoms with E-state index in [1.54, 1.807) is 19.1 Å². The Morgan fingerprint density at radius 2 is 2.12 bits per heavy atom. The highest BCUT2D eigenvalue weighted by atomic mass is 79.9. The predicted molar refractivity (Wildman–Crippen MR) is 70.4 cm³/mol. The maximum atomic E-state index is 11.6. The van der Waals surface area contributed by atoms with Gasteiger partial charge in [-0.1, -0.05) is 0 Å². The number of hydrogen-bond donors (Lipinski definition) is 2. The number of unbranched alkanes of at least 4 members (excludes halogenated alkanes) is 1. The van der Waals surface area contributed by atoms with Gasteiger partial charge in [-0.3, -0.25) is 4.72 Å². The van der Waals surface area contributed by atoms with Gasteiger partial charge in [-0.05, 0) is 47.8 Å². The largest absolute Gasteiger partial charge is 0.396 e. The van der Waals surface area contributed by atoms with Crippen LogP contribution in [0, 0.1) is 6.92 Å². The molecule has 0 aromatic carbocycles. The number of sulfonamides is 1. The molecule has 1 rings (SSSR count). The molecule has 1 heterocycles. The fourth-order valence-corrected chi connectivity index (χ4v) is 2.55. The molecular weight excluding hydrogens is 308 g/mol. The van der Waals surface area contributed by atoms with Gasteiger partial charge in [0, 0.05) is 11.1 Å². The van der Waals surface area contributed by atoms with Crippen molar-refractivity contribution in [1.29, 1.82) is 0 Å². The third-order valence-electron chi connectivity index (χ3n) is 2.10. The standard InChI is InChI=1S/C10H15BrN2O3S/c1-8-9(11)4-5-10(12-8)13-17(15,16)7-3-2-6-14/h4-5,14H,2-3,6-7H2,1H3,(H,12,13). The van der Waals surface area contributed by atoms with Crippen molar-refractivity contribution in [2.24, 2.45) is 0 Å². The fourth-order valence-electron chi connectivity index (χ4n) is 1.22. The maximum absolute atomic E-state index is 11.6. The number of hydrogen-bond acceptors (Lipinski definition) is 4. The first kappa shape index (κ1) is 14.4. The van der Waals surface area contributed by atoms with Gasteiger partial charge in [0.25, 0.3) is 0 Å². The number of nitrogens with one attached hydrogen (secondary N) is 1. The highest BCUT2D eigenvalue weighted by Crippen LogP contribution is 2.17. The molecule has 0 amide bonds. The van der Waals surface area contributed by atoms with E-state index in [1.807, 2.05) is 0 Å². The summed E-state index contributed by atoms with van der Waals surface area (Å²) in [5, 5.41) is 8.59. The molecule has 0 unspecified atom stereocenters. The summed E-state index contributed by atoms with van der Waals surface area (Å²) in [5.74, 6) is 0.305. The Balaban J connectivity index is 2.66. The van der Waals surface area contributed by atoms with Crippen molar-refractivity contribution < 1.29 is 13.5 Å². The van der Waals surface area contributed by atoms with Crippen molar-refractivity contribution in [3.8, 4) is 0 Å². The Bertz CT molecular complexity index is 476. The second-order valence-corrected chi connectivity index (χ2v) is 6.31. The van der Waals surface area contributed by atoms with Gasteiger partial charge in [-0.2, -0.15) is 0 Å². The van der Waals surface area contributed by atoms with E-state index in [4.69, 9.17) is 5.11 Å². The number of anilines is 1. The molecule has 96 valence electrons. The molecule has 1 aromatic rings. The number of nitrogens with zero attached hydrogens (tertiary/aromatic N) is 1. The molecule has 0 radical (unpaired) electrons. The number of aryl methyl sites for hydroxylation is 1. The minimum Gasteiger partial charge on any atom is -0.396 e. The molecule has 0 aliphatic rings. The average Bonchev–Trinajstić information content (AvgIpc) is 2.23. The van der Waals surface area contributed by atoms with E-state index >= 15 is 0 Å². The molecule has 0 saturated carbocycles. The van der Waals surface area contributed by atoms with Gasteiger partial charge < -0.3 is 5.11 Å². The van der Waals surface area contributed by atoms with Gasteiger partial charge in [-0.25, -0.2) is 13.4 Å². The normalized spacial score (nSPS) is 11.5. The van der Waals surface area contributed by atoms with Crippen LogP contribution in [0.25, 0.3) is 0 Å². The first-order valence-corrected chi connectivity index (χ1v) is 7.63. The van der Waals surface area contributed by atoms with Crippen molar-refractivity contribution in [3.63, 3.8) is 0 Å². The van der Waals surface area contributed by atoms with Crippen molar-refractivity contribution in [2.45, 2.75) is 19.8 Å². The zero-order chi connectivity index (χ0) is 12.9. The van der Waals surface area contributed by atoms with E-state index in [-0.39, 0.29) is 12.4 Å². The Kier molecular flexibility index (Phi) is 5.35. The molecule has 7 heteroatoms. The molecule has 0 aliphatic heterocycles. The van der Waals surface area contributed by atoms with Crippen LogP contribution >= 0.6 is 15.9 Å². The summed E-state index contributed by atoms with van der Waals surface area (Å²) < 4.78 is 26.5. The van der Waals surface area contributed by atoms with E-state index in [9.17, 15) is 8.42 Å². The molecule has 0 saturated heterocycles. The minimum atomic E-state index is -3.38. The molecular formula is C10H15BrN2O3S. The Morgan fingerprint density at radius 1 is 1.41 bits per heavy atom. The van der Waals surface area contributed by atoms with E-state index < -0.39 is 10.0 Å². The maximum Gasteiger partial charge on any atom is 0.233 e. The zero-order valence-electron chi connectivity index (χ0n) is 9.48. The van der Waals surface area contributed by atoms with Crippen molar-refractivity contribution in [1.82, 2.24) is 4.98 Å². The van der Waals surface area contributed by atoms with Crippen LogP contribution in [0.2, 0.25) is 0 Å². The van der Waals surface area contributed by atoms with Crippen molar-refractivity contribution in [2.75, 3.05) is 17.1 Å². The van der Waals surface area contributed by atoms with Crippen molar-refractivity contribution >= 4 is 31.8 Å². The number of aromatic nitrogens is 1. The number of aliphatic hydroxyl groups excluding tert-OH is 1. The van der Waals surface area contributed by atoms with Crippen LogP contribution in [0.3, 0.4) is 0 Å². The fraction of sp³-hybridized carbons (Fsp3) is 0.500. The molecule has 0 aliphatic carbocycles. The SMILES string of the molecule is Cc1nc(NS(=O)(=O)CCCCO)ccc1Br. The summed E-state index contributed by atoms with van der Waals surface area (Å²) in [4.78, 5) is 4.10. The van der Waals surface area contributed by atoms with Gasteiger partial charge >= 0.3 is 0 Å². The third kappa shape index (κ3) is 5.01. The zero-order valence-corrected chi connectivity index (χ0v) is 11.9. The van der Waals surface area contributed by atoms with Crippen LogP contribution < -0.4 is 4.72 Å². The summed E-state index contributed by atoms with van der Waals surface area (Å²) in [6, 6.07) is 3.34. The Morgan fingerprint density at radius 3 is 2.71 bits per heavy atom. The van der Waals surface area contributed by atoms with E-state index in [0.717, 1.165) is 10.2 Å². The van der Waals surface area contributed by atoms with Crippen molar-refractivity contribution in [3.05, 3.63) is 22.3 Å². The number of pyridine rings is 1. The third-order valence-corrected chi connectivity index (χ3v) is 4.29. The van der Waals surface area contributed by atoms with Crippen LogP contribution in [0.5, 0.6) is 0 Å². The van der Waals surface area contributed by atoms with Gasteiger partial charge in [0.05, 0.1) is 11.4 Å². The topological polar surface area (TPSA) is 79.3 Å². The van der Waals surface area contributed by atoms with Crippen LogP contribution in [-0.2, 0) is 10.0 Å². The van der Waals surface area contributed by atoms with Crippen LogP contribution in [0.1, 0.15) is 18.5 Å². The van der Waals surface area contributed by atoms with Gasteiger partial charge in [0.15, 0.2) is 0 Å². The monoisotopic (exact) mass is 322 g/mol. The molecule has 1 aromatic heterocycles. The first-order chi connectivity index (χ1) is 7.94. The quantitative estimate of drug-likeness (QED) is 0.781. The summed E-state index contributed by atoms with van der Waals surface area (Å²) in [7, 11) is -3.38. The summed E-state index contributed by atoms with van der Waals surface area (Å²) in [6.07, 6.45) is 0.912. The lowest BCUT2D eigenvalue weighted by Gasteiger charge is -2.08. The molecule has 17 heavy (non-hydrogen) atoms. The second-order valence-electron chi connectivity index (χ2n) is 3.62. The summed E-state index contributed by atoms with van der Waals surface area (Å²) >= 11 is 3.29. The number of aliphatic hydroxyl groups is 1. The van der Waals surface area contributed by atoms with Crippen LogP contribution in [0.15, 0.2) is 16.6 Å². The minimum absolute atomic E-state index is 0.00512. The average molecular weight is 323 g/mol. The van der Waals surface area contributed by atoms with E-state index in [2.05, 4.69) is 25.6 Å². The second kappa shape index (κ2) is 6.32. The highest BCUT2D eigenvalue weighted by Gasteiger charge is 2.11. The smallest absolute Gasteiger partial charge is 0.233 e. The molecule has 2 N–H and O–H groups in total. The van der Waals surface area contributed by atoms with E-state index in [1.165, 1.54) is 0 Å². The summed E-state index contributed by atoms with van der Waals surface area (Å²) in [5.41, 5.74) is 0.723. The lowest BCUT2D eigenvalue weighted by molar-refractivity contribution is 0.287. The predicted octanol–water partition coefficient (Wildman–Crippen LogP) is 1.67. The van der Waals surface area contributed by atoms with E-state index in [0.29, 0.717) is 18.7 Å². The summed E-state index contributed by atoms with van der Waals surface area (Å²) in [6.45, 7) is 1.79. The molecule has 0 fully saturated rings. The molecule has 0 bridgehead atoms. The first-order valence-electron chi connectivity index (χ1n) is 5.19. The Labute approximate surface area is 109 Å². The molecule has 0 spiro atoms. The highest BCUT2D eigenvalue weighted by molar-refractivity contribution is 9.10. The van der Waals surface area contributed by atoms with Crippen LogP contribution in [0.4, 0.5) is 5.82 Å². The van der Waals surface area contributed by atoms with Gasteiger partial charge in [0.1, 0.15) is 5.82 Å². The molecule has 0 atom stereocenters. The lowest BCUT2D eigenvalue weighted by atomic mass is 10.4.